The van der Waals surface area contributed by atoms with Gasteiger partial charge in [0.15, 0.2) is 6.29 Å². The summed E-state index contributed by atoms with van der Waals surface area (Å²) in [5.41, 5.74) is 0. The fourth-order valence-electron chi connectivity index (χ4n) is 1.32. The predicted octanol–water partition coefficient (Wildman–Crippen LogP) is -0.758. The quantitative estimate of drug-likeness (QED) is 0.527. The molecule has 1 saturated heterocycles. The van der Waals surface area contributed by atoms with Crippen molar-refractivity contribution in [2.45, 2.75) is 44.4 Å². The van der Waals surface area contributed by atoms with E-state index >= 15 is 0 Å². The van der Waals surface area contributed by atoms with E-state index in [-0.39, 0.29) is 6.61 Å². The summed E-state index contributed by atoms with van der Waals surface area (Å²) in [5, 5.41) is 28.1. The average Bonchev–Trinajstić information content (AvgIpc) is 2.18. The first-order chi connectivity index (χ1) is 6.66. The van der Waals surface area contributed by atoms with Gasteiger partial charge in [0.2, 0.25) is 0 Å². The molecule has 84 valence electrons. The van der Waals surface area contributed by atoms with Crippen LogP contribution in [0.5, 0.6) is 0 Å². The Morgan fingerprint density at radius 2 is 2.07 bits per heavy atom. The van der Waals surface area contributed by atoms with Crippen LogP contribution in [0.4, 0.5) is 0 Å². The molecule has 5 heteroatoms. The molecule has 1 fully saturated rings. The van der Waals surface area contributed by atoms with Gasteiger partial charge in [-0.2, -0.15) is 0 Å². The monoisotopic (exact) mass is 206 g/mol. The largest absolute Gasteiger partial charge is 0.388 e. The number of aliphatic hydroxyl groups excluding tert-OH is 3. The summed E-state index contributed by atoms with van der Waals surface area (Å²) in [4.78, 5) is 0. The summed E-state index contributed by atoms with van der Waals surface area (Å²) < 4.78 is 10.1. The Balaban J connectivity index is 2.37. The molecule has 1 aliphatic heterocycles. The van der Waals surface area contributed by atoms with E-state index in [0.717, 1.165) is 12.8 Å². The molecule has 0 aromatic carbocycles. The molecular formula is C9H18O5. The molecule has 0 unspecified atom stereocenters. The minimum absolute atomic E-state index is 0.0596. The second kappa shape index (κ2) is 5.63. The zero-order chi connectivity index (χ0) is 10.6. The Morgan fingerprint density at radius 1 is 1.36 bits per heavy atom. The molecule has 0 bridgehead atoms. The van der Waals surface area contributed by atoms with Gasteiger partial charge in [-0.25, -0.2) is 0 Å². The second-order valence-corrected chi connectivity index (χ2v) is 3.47. The maximum absolute atomic E-state index is 9.49. The summed E-state index contributed by atoms with van der Waals surface area (Å²) in [6.45, 7) is 2.41. The average molecular weight is 206 g/mol. The van der Waals surface area contributed by atoms with Gasteiger partial charge in [0.1, 0.15) is 18.3 Å². The fraction of sp³-hybridized carbons (Fsp3) is 1.00. The molecular weight excluding hydrogens is 188 g/mol. The van der Waals surface area contributed by atoms with Crippen molar-refractivity contribution in [1.82, 2.24) is 0 Å². The molecule has 14 heavy (non-hydrogen) atoms. The van der Waals surface area contributed by atoms with Crippen LogP contribution in [0.1, 0.15) is 19.8 Å². The van der Waals surface area contributed by atoms with E-state index in [4.69, 9.17) is 9.47 Å². The second-order valence-electron chi connectivity index (χ2n) is 3.47. The van der Waals surface area contributed by atoms with Crippen LogP contribution in [-0.2, 0) is 9.47 Å². The Bertz CT molecular complexity index is 163. The third-order valence-electron chi connectivity index (χ3n) is 2.26. The molecule has 3 N–H and O–H groups in total. The highest BCUT2D eigenvalue weighted by molar-refractivity contribution is 4.83. The summed E-state index contributed by atoms with van der Waals surface area (Å²) in [6.07, 6.45) is -2.22. The number of hydrogen-bond donors (Lipinski definition) is 3. The number of unbranched alkanes of at least 4 members (excludes halogenated alkanes) is 1. The molecule has 0 spiro atoms. The first kappa shape index (κ1) is 11.9. The van der Waals surface area contributed by atoms with Crippen molar-refractivity contribution in [1.29, 1.82) is 0 Å². The number of hydrogen-bond acceptors (Lipinski definition) is 5. The highest BCUT2D eigenvalue weighted by atomic mass is 16.6. The van der Waals surface area contributed by atoms with Gasteiger partial charge in [0.05, 0.1) is 6.61 Å². The normalized spacial score (nSPS) is 38.6. The predicted molar refractivity (Wildman–Crippen MR) is 48.6 cm³/mol. The highest BCUT2D eigenvalue weighted by Crippen LogP contribution is 2.17. The number of rotatable bonds is 4. The lowest BCUT2D eigenvalue weighted by Crippen LogP contribution is -2.54. The zero-order valence-corrected chi connectivity index (χ0v) is 8.30. The molecule has 1 heterocycles. The molecule has 5 nitrogen and oxygen atoms in total. The van der Waals surface area contributed by atoms with E-state index in [1.54, 1.807) is 0 Å². The van der Waals surface area contributed by atoms with E-state index in [0.29, 0.717) is 6.61 Å². The number of aliphatic hydroxyl groups is 3. The topological polar surface area (TPSA) is 79.2 Å². The molecule has 0 aromatic heterocycles. The van der Waals surface area contributed by atoms with Gasteiger partial charge >= 0.3 is 0 Å². The third-order valence-corrected chi connectivity index (χ3v) is 2.26. The van der Waals surface area contributed by atoms with Crippen molar-refractivity contribution in [2.75, 3.05) is 13.2 Å². The van der Waals surface area contributed by atoms with Crippen molar-refractivity contribution in [3.63, 3.8) is 0 Å². The molecule has 1 rings (SSSR count). The number of ether oxygens (including phenoxy) is 2. The molecule has 1 aliphatic rings. The van der Waals surface area contributed by atoms with Gasteiger partial charge in [-0.3, -0.25) is 0 Å². The first-order valence-electron chi connectivity index (χ1n) is 4.94. The smallest absolute Gasteiger partial charge is 0.183 e. The van der Waals surface area contributed by atoms with Crippen molar-refractivity contribution in [2.24, 2.45) is 0 Å². The van der Waals surface area contributed by atoms with Crippen molar-refractivity contribution in [3.05, 3.63) is 0 Å². The van der Waals surface area contributed by atoms with Crippen LogP contribution in [0.15, 0.2) is 0 Å². The van der Waals surface area contributed by atoms with Crippen molar-refractivity contribution >= 4 is 0 Å². The van der Waals surface area contributed by atoms with Crippen LogP contribution in [-0.4, -0.2) is 53.1 Å². The van der Waals surface area contributed by atoms with Gasteiger partial charge in [-0.1, -0.05) is 13.3 Å². The summed E-state index contributed by atoms with van der Waals surface area (Å²) >= 11 is 0. The minimum Gasteiger partial charge on any atom is -0.388 e. The molecule has 0 aliphatic carbocycles. The van der Waals surface area contributed by atoms with Crippen LogP contribution in [0.25, 0.3) is 0 Å². The lowest BCUT2D eigenvalue weighted by molar-refractivity contribution is -0.265. The van der Waals surface area contributed by atoms with E-state index in [1.165, 1.54) is 0 Å². The zero-order valence-electron chi connectivity index (χ0n) is 8.30. The van der Waals surface area contributed by atoms with Gasteiger partial charge in [0.25, 0.3) is 0 Å². The molecule has 0 aromatic rings. The first-order valence-corrected chi connectivity index (χ1v) is 4.94. The molecule has 0 saturated carbocycles. The van der Waals surface area contributed by atoms with Gasteiger partial charge in [-0.15, -0.1) is 0 Å². The van der Waals surface area contributed by atoms with Crippen LogP contribution in [0.2, 0.25) is 0 Å². The van der Waals surface area contributed by atoms with Crippen LogP contribution in [0, 0.1) is 0 Å². The minimum atomic E-state index is -1.15. The standard InChI is InChI=1S/C9H18O5/c1-2-3-4-13-8-7(11)6(10)5-14-9(8)12/h6-12H,2-5H2,1H3/t6-,7-,8+,9-/m1/s1. The van der Waals surface area contributed by atoms with E-state index in [9.17, 15) is 15.3 Å². The Kier molecular flexibility index (Phi) is 4.77. The highest BCUT2D eigenvalue weighted by Gasteiger charge is 2.38. The molecule has 4 atom stereocenters. The van der Waals surface area contributed by atoms with Crippen LogP contribution in [0.3, 0.4) is 0 Å². The van der Waals surface area contributed by atoms with E-state index < -0.39 is 24.6 Å². The molecule has 0 radical (unpaired) electrons. The maximum Gasteiger partial charge on any atom is 0.183 e. The summed E-state index contributed by atoms with van der Waals surface area (Å²) in [7, 11) is 0. The Hall–Kier alpha value is -0.200. The van der Waals surface area contributed by atoms with Crippen LogP contribution < -0.4 is 0 Å². The SMILES string of the molecule is CCCCO[C@H]1[C@H](O)[C@H](O)CO[C@H]1O. The molecule has 0 amide bonds. The van der Waals surface area contributed by atoms with Gasteiger partial charge in [-0.05, 0) is 6.42 Å². The summed E-state index contributed by atoms with van der Waals surface area (Å²) in [6, 6.07) is 0. The lowest BCUT2D eigenvalue weighted by Gasteiger charge is -2.35. The lowest BCUT2D eigenvalue weighted by atomic mass is 10.1. The van der Waals surface area contributed by atoms with Gasteiger partial charge < -0.3 is 24.8 Å². The Labute approximate surface area is 83.3 Å². The fourth-order valence-corrected chi connectivity index (χ4v) is 1.32. The maximum atomic E-state index is 9.49. The summed E-state index contributed by atoms with van der Waals surface area (Å²) in [5.74, 6) is 0. The van der Waals surface area contributed by atoms with Crippen molar-refractivity contribution in [3.8, 4) is 0 Å². The van der Waals surface area contributed by atoms with Crippen LogP contribution >= 0.6 is 0 Å². The van der Waals surface area contributed by atoms with Crippen molar-refractivity contribution < 1.29 is 24.8 Å². The Morgan fingerprint density at radius 3 is 2.71 bits per heavy atom. The van der Waals surface area contributed by atoms with E-state index in [1.807, 2.05) is 6.92 Å². The van der Waals surface area contributed by atoms with Gasteiger partial charge in [0, 0.05) is 6.61 Å². The third kappa shape index (κ3) is 2.90. The van der Waals surface area contributed by atoms with E-state index in [2.05, 4.69) is 0 Å².